The SMILES string of the molecule is C/C=C(C)\C(=C/C(=N)C(=O)N=Cc1ccccc1-n1cncn1)CC1(C)C(=O)Nc2ncccc21. The van der Waals surface area contributed by atoms with Crippen LogP contribution in [0.25, 0.3) is 5.69 Å². The van der Waals surface area contributed by atoms with Crippen molar-refractivity contribution in [1.82, 2.24) is 19.7 Å². The molecule has 1 aromatic carbocycles. The number of para-hydroxylation sites is 1. The molecule has 0 saturated heterocycles. The van der Waals surface area contributed by atoms with Crippen molar-refractivity contribution in [1.29, 1.82) is 5.41 Å². The number of carbonyl (C=O) groups is 2. The van der Waals surface area contributed by atoms with Gasteiger partial charge in [-0.3, -0.25) is 15.0 Å². The van der Waals surface area contributed by atoms with E-state index >= 15 is 0 Å². The molecule has 2 N–H and O–H groups in total. The summed E-state index contributed by atoms with van der Waals surface area (Å²) in [5.41, 5.74) is 2.59. The van der Waals surface area contributed by atoms with Crippen LogP contribution in [0.15, 0.2) is 83.5 Å². The predicted molar refractivity (Wildman–Crippen MR) is 134 cm³/mol. The molecule has 1 aliphatic heterocycles. The lowest BCUT2D eigenvalue weighted by Crippen LogP contribution is -2.32. The third kappa shape index (κ3) is 4.74. The first-order chi connectivity index (χ1) is 16.8. The van der Waals surface area contributed by atoms with Crippen LogP contribution < -0.4 is 5.32 Å². The molecule has 0 radical (unpaired) electrons. The topological polar surface area (TPSA) is 126 Å². The second kappa shape index (κ2) is 9.76. The van der Waals surface area contributed by atoms with Crippen molar-refractivity contribution in [3.05, 3.63) is 89.7 Å². The molecule has 1 atom stereocenters. The lowest BCUT2D eigenvalue weighted by molar-refractivity contribution is -0.120. The van der Waals surface area contributed by atoms with E-state index < -0.39 is 11.3 Å². The van der Waals surface area contributed by atoms with E-state index in [1.807, 2.05) is 51.1 Å². The Morgan fingerprint density at radius 3 is 2.80 bits per heavy atom. The van der Waals surface area contributed by atoms with Gasteiger partial charge in [-0.15, -0.1) is 0 Å². The zero-order chi connectivity index (χ0) is 25.0. The number of rotatable bonds is 7. The van der Waals surface area contributed by atoms with Gasteiger partial charge in [0.05, 0.1) is 11.1 Å². The number of nitrogens with one attached hydrogen (secondary N) is 2. The van der Waals surface area contributed by atoms with Gasteiger partial charge < -0.3 is 5.32 Å². The van der Waals surface area contributed by atoms with E-state index in [1.165, 1.54) is 18.6 Å². The van der Waals surface area contributed by atoms with E-state index in [-0.39, 0.29) is 11.6 Å². The Morgan fingerprint density at radius 2 is 2.06 bits per heavy atom. The fraction of sp³-hybridized carbons (Fsp3) is 0.192. The third-order valence-electron chi connectivity index (χ3n) is 6.09. The number of fused-ring (bicyclic) bond motifs is 1. The second-order valence-corrected chi connectivity index (χ2v) is 8.38. The Bertz CT molecular complexity index is 1390. The summed E-state index contributed by atoms with van der Waals surface area (Å²) in [6.07, 6.45) is 9.71. The molecule has 3 heterocycles. The van der Waals surface area contributed by atoms with Gasteiger partial charge in [0.1, 0.15) is 24.2 Å². The Hall–Kier alpha value is -4.53. The first-order valence-electron chi connectivity index (χ1n) is 11.1. The Morgan fingerprint density at radius 1 is 1.26 bits per heavy atom. The van der Waals surface area contributed by atoms with Gasteiger partial charge in [0.25, 0.3) is 5.91 Å². The van der Waals surface area contributed by atoms with Crippen LogP contribution in [0.3, 0.4) is 0 Å². The van der Waals surface area contributed by atoms with E-state index in [2.05, 4.69) is 25.4 Å². The smallest absolute Gasteiger partial charge is 0.294 e. The molecule has 4 rings (SSSR count). The molecule has 2 aromatic heterocycles. The molecule has 9 nitrogen and oxygen atoms in total. The van der Waals surface area contributed by atoms with E-state index in [1.54, 1.807) is 29.3 Å². The van der Waals surface area contributed by atoms with E-state index in [0.717, 1.165) is 11.1 Å². The molecule has 1 aliphatic rings. The van der Waals surface area contributed by atoms with Crippen LogP contribution >= 0.6 is 0 Å². The van der Waals surface area contributed by atoms with Crippen LogP contribution in [0.2, 0.25) is 0 Å². The van der Waals surface area contributed by atoms with Gasteiger partial charge in [-0.1, -0.05) is 35.9 Å². The first kappa shape index (κ1) is 23.6. The van der Waals surface area contributed by atoms with Crippen molar-refractivity contribution in [3.8, 4) is 5.69 Å². The van der Waals surface area contributed by atoms with Crippen molar-refractivity contribution >= 4 is 29.6 Å². The fourth-order valence-electron chi connectivity index (χ4n) is 3.94. The molecular weight excluding hydrogens is 442 g/mol. The van der Waals surface area contributed by atoms with Crippen molar-refractivity contribution in [2.45, 2.75) is 32.6 Å². The summed E-state index contributed by atoms with van der Waals surface area (Å²) >= 11 is 0. The van der Waals surface area contributed by atoms with Crippen LogP contribution in [-0.2, 0) is 15.0 Å². The van der Waals surface area contributed by atoms with E-state index in [9.17, 15) is 9.59 Å². The molecule has 3 aromatic rings. The first-order valence-corrected chi connectivity index (χ1v) is 11.1. The summed E-state index contributed by atoms with van der Waals surface area (Å²) in [5.74, 6) is -0.316. The van der Waals surface area contributed by atoms with Gasteiger partial charge in [-0.2, -0.15) is 5.10 Å². The lowest BCUT2D eigenvalue weighted by atomic mass is 9.77. The zero-order valence-electron chi connectivity index (χ0n) is 19.7. The van der Waals surface area contributed by atoms with Gasteiger partial charge in [0.15, 0.2) is 0 Å². The van der Waals surface area contributed by atoms with Crippen LogP contribution in [-0.4, -0.2) is 43.5 Å². The summed E-state index contributed by atoms with van der Waals surface area (Å²) in [6, 6.07) is 11.0. The van der Waals surface area contributed by atoms with Gasteiger partial charge in [-0.25, -0.2) is 19.6 Å². The molecule has 0 aliphatic carbocycles. The number of allylic oxidation sites excluding steroid dienone is 3. The third-order valence-corrected chi connectivity index (χ3v) is 6.09. The lowest BCUT2D eigenvalue weighted by Gasteiger charge is -2.24. The molecule has 9 heteroatoms. The van der Waals surface area contributed by atoms with Crippen LogP contribution in [0.1, 0.15) is 38.3 Å². The number of hydrogen-bond acceptors (Lipinski definition) is 6. The van der Waals surface area contributed by atoms with Gasteiger partial charge in [0, 0.05) is 23.5 Å². The van der Waals surface area contributed by atoms with Gasteiger partial charge in [0.2, 0.25) is 5.91 Å². The van der Waals surface area contributed by atoms with Crippen molar-refractivity contribution in [2.24, 2.45) is 4.99 Å². The number of amides is 2. The number of aromatic nitrogens is 4. The molecule has 176 valence electrons. The average Bonchev–Trinajstić information content (AvgIpc) is 3.49. The maximum atomic E-state index is 12.9. The summed E-state index contributed by atoms with van der Waals surface area (Å²) in [7, 11) is 0. The van der Waals surface area contributed by atoms with E-state index in [0.29, 0.717) is 29.1 Å². The molecule has 2 amide bonds. The Labute approximate surface area is 202 Å². The number of aliphatic imine (C=N–C) groups is 1. The number of benzene rings is 1. The van der Waals surface area contributed by atoms with Crippen LogP contribution in [0.5, 0.6) is 0 Å². The largest absolute Gasteiger partial charge is 0.310 e. The summed E-state index contributed by atoms with van der Waals surface area (Å²) in [6.45, 7) is 5.61. The van der Waals surface area contributed by atoms with Crippen molar-refractivity contribution in [2.75, 3.05) is 5.32 Å². The standard InChI is InChI=1S/C26H25N7O2/c1-4-17(2)19(13-26(3)20-9-7-11-29-23(20)32-25(26)35)12-21(27)24(34)30-14-18-8-5-6-10-22(18)33-16-28-15-31-33/h4-12,14-16,27H,13H2,1-3H3,(H,29,32,35)/b17-4-,19-12-,27-21?,30-14?. The molecule has 0 saturated carbocycles. The van der Waals surface area contributed by atoms with Gasteiger partial charge in [-0.05, 0) is 51.0 Å². The highest BCUT2D eigenvalue weighted by Crippen LogP contribution is 2.41. The molecule has 0 fully saturated rings. The summed E-state index contributed by atoms with van der Waals surface area (Å²) in [5, 5.41) is 15.3. The minimum Gasteiger partial charge on any atom is -0.310 e. The van der Waals surface area contributed by atoms with Crippen molar-refractivity contribution in [3.63, 3.8) is 0 Å². The molecule has 1 unspecified atom stereocenters. The number of anilines is 1. The highest BCUT2D eigenvalue weighted by Gasteiger charge is 2.43. The minimum absolute atomic E-state index is 0.165. The second-order valence-electron chi connectivity index (χ2n) is 8.38. The van der Waals surface area contributed by atoms with E-state index in [4.69, 9.17) is 5.41 Å². The monoisotopic (exact) mass is 467 g/mol. The Kier molecular flexibility index (Phi) is 6.59. The normalized spacial score (nSPS) is 18.0. The fourth-order valence-corrected chi connectivity index (χ4v) is 3.94. The molecule has 0 spiro atoms. The number of nitrogens with zero attached hydrogens (tertiary/aromatic N) is 5. The number of carbonyl (C=O) groups excluding carboxylic acids is 2. The number of pyridine rings is 1. The number of hydrogen-bond donors (Lipinski definition) is 2. The summed E-state index contributed by atoms with van der Waals surface area (Å²) < 4.78 is 1.57. The van der Waals surface area contributed by atoms with Gasteiger partial charge >= 0.3 is 0 Å². The van der Waals surface area contributed by atoms with Crippen LogP contribution in [0, 0.1) is 5.41 Å². The highest BCUT2D eigenvalue weighted by molar-refractivity contribution is 6.43. The Balaban J connectivity index is 1.59. The molecule has 35 heavy (non-hydrogen) atoms. The highest BCUT2D eigenvalue weighted by atomic mass is 16.2. The zero-order valence-corrected chi connectivity index (χ0v) is 19.7. The average molecular weight is 468 g/mol. The molecule has 0 bridgehead atoms. The maximum absolute atomic E-state index is 12.9. The predicted octanol–water partition coefficient (Wildman–Crippen LogP) is 3.82. The molecular formula is C26H25N7O2. The quantitative estimate of drug-likeness (QED) is 0.403. The van der Waals surface area contributed by atoms with Crippen LogP contribution in [0.4, 0.5) is 5.82 Å². The minimum atomic E-state index is -0.872. The van der Waals surface area contributed by atoms with Crippen molar-refractivity contribution < 1.29 is 9.59 Å². The maximum Gasteiger partial charge on any atom is 0.294 e. The summed E-state index contributed by atoms with van der Waals surface area (Å²) in [4.78, 5) is 37.8.